The van der Waals surface area contributed by atoms with Gasteiger partial charge in [0.1, 0.15) is 0 Å². The van der Waals surface area contributed by atoms with Crippen LogP contribution in [0.25, 0.3) is 0 Å². The number of rotatable bonds is 3. The van der Waals surface area contributed by atoms with E-state index in [0.29, 0.717) is 39.0 Å². The van der Waals surface area contributed by atoms with Crippen molar-refractivity contribution in [2.75, 3.05) is 57.3 Å². The zero-order valence-electron chi connectivity index (χ0n) is 16.1. The van der Waals surface area contributed by atoms with E-state index < -0.39 is 11.5 Å². The van der Waals surface area contributed by atoms with Crippen molar-refractivity contribution in [2.45, 2.75) is 25.4 Å². The molecule has 0 aliphatic carbocycles. The summed E-state index contributed by atoms with van der Waals surface area (Å²) >= 11 is 0. The van der Waals surface area contributed by atoms with Gasteiger partial charge in [0.15, 0.2) is 0 Å². The third kappa shape index (κ3) is 3.68. The Balaban J connectivity index is 1.32. The molecule has 3 fully saturated rings. The molecule has 1 aromatic heterocycles. The minimum absolute atomic E-state index is 0.0362. The minimum atomic E-state index is -0.838. The Bertz CT molecular complexity index is 709. The molecule has 9 nitrogen and oxygen atoms in total. The summed E-state index contributed by atoms with van der Waals surface area (Å²) in [6.07, 6.45) is 4.73. The van der Waals surface area contributed by atoms with Crippen LogP contribution in [-0.2, 0) is 9.59 Å². The first-order chi connectivity index (χ1) is 13.6. The van der Waals surface area contributed by atoms with Crippen molar-refractivity contribution in [3.63, 3.8) is 0 Å². The van der Waals surface area contributed by atoms with Gasteiger partial charge in [0.25, 0.3) is 0 Å². The Hall–Kier alpha value is -2.26. The van der Waals surface area contributed by atoms with Crippen molar-refractivity contribution in [2.24, 2.45) is 5.41 Å². The second kappa shape index (κ2) is 8.00. The number of carbonyl (C=O) groups excluding carboxylic acids is 2. The molecule has 3 aliphatic rings. The van der Waals surface area contributed by atoms with Crippen molar-refractivity contribution in [1.29, 1.82) is 0 Å². The van der Waals surface area contributed by atoms with Crippen molar-refractivity contribution in [1.82, 2.24) is 25.1 Å². The molecular formula is C19H28N6O3. The Labute approximate surface area is 164 Å². The third-order valence-corrected chi connectivity index (χ3v) is 6.24. The highest BCUT2D eigenvalue weighted by atomic mass is 16.3. The molecule has 2 atom stereocenters. The number of aliphatic hydroxyl groups is 1. The zero-order valence-corrected chi connectivity index (χ0v) is 16.1. The van der Waals surface area contributed by atoms with Crippen LogP contribution in [0, 0.1) is 5.41 Å². The molecule has 0 saturated carbocycles. The van der Waals surface area contributed by atoms with Crippen LogP contribution in [0.2, 0.25) is 0 Å². The minimum Gasteiger partial charge on any atom is -0.392 e. The summed E-state index contributed by atoms with van der Waals surface area (Å²) in [5.41, 5.74) is -0.838. The molecule has 9 heteroatoms. The molecule has 0 bridgehead atoms. The Morgan fingerprint density at radius 2 is 1.96 bits per heavy atom. The maximum absolute atomic E-state index is 12.9. The third-order valence-electron chi connectivity index (χ3n) is 6.24. The van der Waals surface area contributed by atoms with Crippen molar-refractivity contribution in [3.05, 3.63) is 18.5 Å². The van der Waals surface area contributed by atoms with Crippen molar-refractivity contribution in [3.8, 4) is 0 Å². The molecule has 4 rings (SSSR count). The highest BCUT2D eigenvalue weighted by Crippen LogP contribution is 2.37. The normalized spacial score (nSPS) is 29.0. The first-order valence-electron chi connectivity index (χ1n) is 10.1. The monoisotopic (exact) mass is 388 g/mol. The van der Waals surface area contributed by atoms with Crippen LogP contribution in [0.15, 0.2) is 18.5 Å². The molecule has 0 radical (unpaired) electrons. The standard InChI is InChI=1S/C19H28N6O3/c26-15-3-8-25(14-19(15)4-1-5-20-17(19)28)16(27)13-23-9-11-24(12-10-23)18-21-6-2-7-22-18/h2,6-7,15,26H,1,3-5,8-14H2,(H,20,28)/t15-,19+/m0/s1. The Morgan fingerprint density at radius 3 is 2.68 bits per heavy atom. The quantitative estimate of drug-likeness (QED) is 0.691. The lowest BCUT2D eigenvalue weighted by Crippen LogP contribution is -2.63. The summed E-state index contributed by atoms with van der Waals surface area (Å²) in [6, 6.07) is 1.80. The summed E-state index contributed by atoms with van der Waals surface area (Å²) in [4.78, 5) is 40.0. The van der Waals surface area contributed by atoms with Crippen molar-refractivity contribution < 1.29 is 14.7 Å². The number of nitrogens with one attached hydrogen (secondary N) is 1. The number of nitrogens with zero attached hydrogens (tertiary/aromatic N) is 5. The lowest BCUT2D eigenvalue weighted by Gasteiger charge is -2.47. The molecule has 0 unspecified atom stereocenters. The zero-order chi connectivity index (χ0) is 19.6. The van der Waals surface area contributed by atoms with E-state index in [1.165, 1.54) is 0 Å². The molecule has 3 saturated heterocycles. The second-order valence-electron chi connectivity index (χ2n) is 7.95. The molecule has 2 N–H and O–H groups in total. The summed E-state index contributed by atoms with van der Waals surface area (Å²) in [6.45, 7) is 4.92. The van der Waals surface area contributed by atoms with Gasteiger partial charge in [-0.15, -0.1) is 0 Å². The maximum atomic E-state index is 12.9. The Kier molecular flexibility index (Phi) is 5.45. The lowest BCUT2D eigenvalue weighted by atomic mass is 9.71. The van der Waals surface area contributed by atoms with Gasteiger partial charge < -0.3 is 20.2 Å². The number of aliphatic hydroxyl groups excluding tert-OH is 1. The van der Waals surface area contributed by atoms with E-state index in [1.54, 1.807) is 23.4 Å². The SMILES string of the molecule is O=C(CN1CCN(c2ncccn2)CC1)N1CC[C@H](O)[C@@]2(CCCNC2=O)C1. The second-order valence-corrected chi connectivity index (χ2v) is 7.95. The predicted molar refractivity (Wildman–Crippen MR) is 103 cm³/mol. The van der Waals surface area contributed by atoms with Gasteiger partial charge in [-0.1, -0.05) is 0 Å². The topological polar surface area (TPSA) is 102 Å². The highest BCUT2D eigenvalue weighted by Gasteiger charge is 2.50. The predicted octanol–water partition coefficient (Wildman–Crippen LogP) is -0.912. The average Bonchev–Trinajstić information content (AvgIpc) is 2.73. The molecule has 3 aliphatic heterocycles. The number of hydrogen-bond acceptors (Lipinski definition) is 7. The number of aromatic nitrogens is 2. The van der Waals surface area contributed by atoms with E-state index in [9.17, 15) is 14.7 Å². The number of amides is 2. The molecule has 1 spiro atoms. The number of piperidine rings is 2. The number of likely N-dealkylation sites (tertiary alicyclic amines) is 1. The van der Waals surface area contributed by atoms with E-state index in [4.69, 9.17) is 0 Å². The lowest BCUT2D eigenvalue weighted by molar-refractivity contribution is -0.155. The summed E-state index contributed by atoms with van der Waals surface area (Å²) in [5.74, 6) is 0.651. The van der Waals surface area contributed by atoms with Crippen LogP contribution in [0.4, 0.5) is 5.95 Å². The summed E-state index contributed by atoms with van der Waals surface area (Å²) in [7, 11) is 0. The van der Waals surface area contributed by atoms with Gasteiger partial charge in [-0.2, -0.15) is 0 Å². The fraction of sp³-hybridized carbons (Fsp3) is 0.684. The summed E-state index contributed by atoms with van der Waals surface area (Å²) < 4.78 is 0. The van der Waals surface area contributed by atoms with Crippen molar-refractivity contribution >= 4 is 17.8 Å². The molecule has 4 heterocycles. The fourth-order valence-electron chi connectivity index (χ4n) is 4.51. The average molecular weight is 388 g/mol. The molecule has 0 aromatic carbocycles. The Morgan fingerprint density at radius 1 is 1.21 bits per heavy atom. The number of piperazine rings is 1. The molecular weight excluding hydrogens is 360 g/mol. The van der Waals surface area contributed by atoms with Crippen LogP contribution < -0.4 is 10.2 Å². The van der Waals surface area contributed by atoms with E-state index in [-0.39, 0.29) is 11.8 Å². The largest absolute Gasteiger partial charge is 0.392 e. The maximum Gasteiger partial charge on any atom is 0.236 e. The van der Waals surface area contributed by atoms with E-state index in [0.717, 1.165) is 38.5 Å². The molecule has 152 valence electrons. The molecule has 1 aromatic rings. The van der Waals surface area contributed by atoms with Gasteiger partial charge in [-0.25, -0.2) is 9.97 Å². The number of hydrogen-bond donors (Lipinski definition) is 2. The molecule has 2 amide bonds. The van der Waals surface area contributed by atoms with Crippen LogP contribution in [0.3, 0.4) is 0 Å². The van der Waals surface area contributed by atoms with Gasteiger partial charge in [0, 0.05) is 58.2 Å². The highest BCUT2D eigenvalue weighted by molar-refractivity contribution is 5.86. The first-order valence-corrected chi connectivity index (χ1v) is 10.1. The van der Waals surface area contributed by atoms with Gasteiger partial charge in [-0.3, -0.25) is 14.5 Å². The van der Waals surface area contributed by atoms with E-state index >= 15 is 0 Å². The number of anilines is 1. The summed E-state index contributed by atoms with van der Waals surface area (Å²) in [5, 5.41) is 13.4. The number of carbonyl (C=O) groups is 2. The van der Waals surface area contributed by atoms with Gasteiger partial charge in [0.2, 0.25) is 17.8 Å². The van der Waals surface area contributed by atoms with Crippen LogP contribution in [0.1, 0.15) is 19.3 Å². The van der Waals surface area contributed by atoms with Gasteiger partial charge >= 0.3 is 0 Å². The van der Waals surface area contributed by atoms with Crippen LogP contribution >= 0.6 is 0 Å². The molecule has 28 heavy (non-hydrogen) atoms. The first kappa shape index (κ1) is 19.1. The van der Waals surface area contributed by atoms with Crippen LogP contribution in [0.5, 0.6) is 0 Å². The van der Waals surface area contributed by atoms with E-state index in [1.807, 2.05) is 0 Å². The van der Waals surface area contributed by atoms with Crippen LogP contribution in [-0.4, -0.2) is 95.2 Å². The van der Waals surface area contributed by atoms with Gasteiger partial charge in [-0.05, 0) is 25.3 Å². The fourth-order valence-corrected chi connectivity index (χ4v) is 4.51. The van der Waals surface area contributed by atoms with Gasteiger partial charge in [0.05, 0.1) is 18.1 Å². The van der Waals surface area contributed by atoms with E-state index in [2.05, 4.69) is 25.1 Å². The smallest absolute Gasteiger partial charge is 0.236 e.